The summed E-state index contributed by atoms with van der Waals surface area (Å²) in [6.07, 6.45) is 3.73. The van der Waals surface area contributed by atoms with Gasteiger partial charge in [0.1, 0.15) is 17.3 Å². The van der Waals surface area contributed by atoms with Crippen LogP contribution >= 0.6 is 0 Å². The van der Waals surface area contributed by atoms with Crippen molar-refractivity contribution in [3.8, 4) is 11.5 Å². The fourth-order valence-corrected chi connectivity index (χ4v) is 8.22. The maximum absolute atomic E-state index is 13.0. The Hall–Kier alpha value is -4.91. The molecule has 0 spiro atoms. The Morgan fingerprint density at radius 1 is 0.943 bits per heavy atom. The molecule has 7 N–H and O–H groups in total. The Morgan fingerprint density at radius 3 is 2.32 bits per heavy atom. The normalized spacial score (nSPS) is 16.6. The predicted molar refractivity (Wildman–Crippen MR) is 193 cm³/mol. The molecule has 280 valence electrons. The predicted octanol–water partition coefficient (Wildman–Crippen LogP) is 0.644. The summed E-state index contributed by atoms with van der Waals surface area (Å²) in [5, 5.41) is 17.4. The maximum Gasteiger partial charge on any atom is 0.336 e. The minimum atomic E-state index is -4.73. The molecule has 3 aliphatic rings. The highest BCUT2D eigenvalue weighted by atomic mass is 32.2. The molecule has 17 heteroatoms. The zero-order valence-electron chi connectivity index (χ0n) is 29.2. The Balaban J connectivity index is 1.66. The molecule has 0 radical (unpaired) electrons. The van der Waals surface area contributed by atoms with Gasteiger partial charge in [-0.1, -0.05) is 12.1 Å². The molecular formula is C36H38N4O11S2. The van der Waals surface area contributed by atoms with Crippen molar-refractivity contribution in [1.29, 1.82) is 0 Å². The minimum Gasteiger partial charge on any atom is -0.748 e. The van der Waals surface area contributed by atoms with Crippen molar-refractivity contribution in [2.75, 3.05) is 30.0 Å². The van der Waals surface area contributed by atoms with E-state index in [1.165, 1.54) is 18.2 Å². The molecule has 3 aromatic rings. The van der Waals surface area contributed by atoms with Gasteiger partial charge in [-0.05, 0) is 67.3 Å². The summed E-state index contributed by atoms with van der Waals surface area (Å²) in [6, 6.07) is 10.7. The third-order valence-electron chi connectivity index (χ3n) is 8.85. The number of nitrogens with one attached hydrogen (secondary N) is 3. The highest BCUT2D eigenvalue weighted by Gasteiger charge is 2.34. The van der Waals surface area contributed by atoms with Crippen LogP contribution in [0.1, 0.15) is 77.1 Å². The monoisotopic (exact) mass is 766 g/mol. The van der Waals surface area contributed by atoms with E-state index in [2.05, 4.69) is 20.5 Å². The Kier molecular flexibility index (Phi) is 9.63. The highest BCUT2D eigenvalue weighted by Crippen LogP contribution is 2.45. The average molecular weight is 767 g/mol. The van der Waals surface area contributed by atoms with Gasteiger partial charge < -0.3 is 29.9 Å². The van der Waals surface area contributed by atoms with Crippen LogP contribution in [0.3, 0.4) is 0 Å². The summed E-state index contributed by atoms with van der Waals surface area (Å²) in [5.74, 6) is 2.19. The molecule has 3 aliphatic heterocycles. The van der Waals surface area contributed by atoms with Crippen molar-refractivity contribution in [2.24, 2.45) is 5.90 Å². The number of benzene rings is 3. The van der Waals surface area contributed by atoms with E-state index in [1.54, 1.807) is 50.3 Å². The number of rotatable bonds is 11. The molecule has 0 atom stereocenters. The van der Waals surface area contributed by atoms with Crippen molar-refractivity contribution in [1.82, 2.24) is 5.32 Å². The summed E-state index contributed by atoms with van der Waals surface area (Å²) in [6.45, 7) is 7.67. The summed E-state index contributed by atoms with van der Waals surface area (Å²) in [5.41, 5.74) is 0.875. The van der Waals surface area contributed by atoms with Gasteiger partial charge in [-0.3, -0.25) is 9.35 Å². The first-order valence-electron chi connectivity index (χ1n) is 16.4. The van der Waals surface area contributed by atoms with E-state index in [-0.39, 0.29) is 52.5 Å². The quantitative estimate of drug-likeness (QED) is 0.0698. The molecule has 15 nitrogen and oxygen atoms in total. The number of hydrogen-bond acceptors (Lipinski definition) is 11. The van der Waals surface area contributed by atoms with Crippen LogP contribution in [0.25, 0.3) is 16.7 Å². The Morgan fingerprint density at radius 2 is 1.66 bits per heavy atom. The smallest absolute Gasteiger partial charge is 0.336 e. The van der Waals surface area contributed by atoms with Crippen LogP contribution in [0.4, 0.5) is 5.69 Å². The summed E-state index contributed by atoms with van der Waals surface area (Å²) >= 11 is 0. The van der Waals surface area contributed by atoms with Gasteiger partial charge in [0.2, 0.25) is 5.36 Å². The number of hydrogen-bond donors (Lipinski definition) is 6. The van der Waals surface area contributed by atoms with Gasteiger partial charge in [0.05, 0.1) is 45.2 Å². The van der Waals surface area contributed by atoms with E-state index >= 15 is 0 Å². The van der Waals surface area contributed by atoms with E-state index in [1.807, 2.05) is 13.8 Å². The molecule has 0 unspecified atom stereocenters. The van der Waals surface area contributed by atoms with Gasteiger partial charge in [-0.25, -0.2) is 24.1 Å². The number of amides is 1. The first-order valence-corrected chi connectivity index (χ1v) is 19.6. The van der Waals surface area contributed by atoms with Crippen molar-refractivity contribution < 1.29 is 55.2 Å². The van der Waals surface area contributed by atoms with Gasteiger partial charge >= 0.3 is 5.97 Å². The lowest BCUT2D eigenvalue weighted by molar-refractivity contribution is -0.568. The number of nitrogens with two attached hydrogens (primary N) is 1. The molecule has 53 heavy (non-hydrogen) atoms. The number of ether oxygens (including phenoxy) is 1. The van der Waals surface area contributed by atoms with Crippen LogP contribution in [-0.4, -0.2) is 78.7 Å². The van der Waals surface area contributed by atoms with E-state index in [9.17, 15) is 40.6 Å². The zero-order chi connectivity index (χ0) is 38.7. The first kappa shape index (κ1) is 37.8. The van der Waals surface area contributed by atoms with Crippen LogP contribution in [0.2, 0.25) is 0 Å². The summed E-state index contributed by atoms with van der Waals surface area (Å²) in [7, 11) is -9.21. The number of carboxylic acid groups (broad SMARTS) is 1. The van der Waals surface area contributed by atoms with Crippen molar-refractivity contribution in [3.63, 3.8) is 0 Å². The number of fused-ring (bicyclic) bond motifs is 4. The molecule has 0 fully saturated rings. The molecular weight excluding hydrogens is 729 g/mol. The first-order chi connectivity index (χ1) is 24.6. The van der Waals surface area contributed by atoms with Crippen molar-refractivity contribution in [2.45, 2.75) is 45.2 Å². The minimum absolute atomic E-state index is 0.0610. The molecule has 0 saturated heterocycles. The van der Waals surface area contributed by atoms with Crippen LogP contribution in [-0.2, 0) is 25.1 Å². The standard InChI is InChI=1S/C36H38N4O11S2/c1-35(2)15-20(17-52(44,45)46)23-11-26-30(13-28(23)39-35)51-31-14-29-24(21(18-53(47,48)49)16-36(3,4)40-29)12-27(31)32(26)22-7-6-19(10-25(22)34(42)43)33(41)38-8-5-9-50-37/h6-7,10-16,39H,5,8-9,17-18,37H2,1-4H3,(H,38,41)(H,42,43)(H,44,45,46)(H,47,48,49). The number of carboxylic acids is 1. The summed E-state index contributed by atoms with van der Waals surface area (Å²) < 4.78 is 76.8. The van der Waals surface area contributed by atoms with E-state index in [0.717, 1.165) is 0 Å². The van der Waals surface area contributed by atoms with Crippen molar-refractivity contribution >= 4 is 54.5 Å². The Labute approximate surface area is 305 Å². The lowest BCUT2D eigenvalue weighted by atomic mass is 9.84. The molecule has 3 aromatic carbocycles. The van der Waals surface area contributed by atoms with Gasteiger partial charge in [0.15, 0.2) is 5.54 Å². The van der Waals surface area contributed by atoms with Crippen LogP contribution in [0.15, 0.2) is 54.6 Å². The van der Waals surface area contributed by atoms with Crippen LogP contribution < -0.4 is 36.8 Å². The Bertz CT molecular complexity index is 2510. The SMILES string of the molecule is CC1(C)C=C(CS(=O)(=O)[O-])c2cc3c(cc2N1)Oc1cc2c(cc1=C3c1ccc(C(=O)NCCCON)cc1C(=O)O)C(CS(=O)(=O)O)=CC(C)(C)[NH+]=2. The zero-order valence-corrected chi connectivity index (χ0v) is 30.8. The van der Waals surface area contributed by atoms with Gasteiger partial charge in [-0.2, -0.15) is 8.42 Å². The lowest BCUT2D eigenvalue weighted by Crippen LogP contribution is -2.89. The largest absolute Gasteiger partial charge is 0.748 e. The number of carbonyl (C=O) groups excluding carboxylic acids is 1. The van der Waals surface area contributed by atoms with E-state index in [4.69, 9.17) is 10.6 Å². The second-order valence-electron chi connectivity index (χ2n) is 14.3. The maximum atomic E-state index is 13.0. The third-order valence-corrected chi connectivity index (χ3v) is 10.2. The summed E-state index contributed by atoms with van der Waals surface area (Å²) in [4.78, 5) is 33.8. The molecule has 0 saturated carbocycles. The second kappa shape index (κ2) is 13.5. The number of carbonyl (C=O) groups is 2. The number of anilines is 1. The van der Waals surface area contributed by atoms with Crippen LogP contribution in [0.5, 0.6) is 11.5 Å². The fraction of sp³-hybridized carbons (Fsp3) is 0.306. The van der Waals surface area contributed by atoms with Gasteiger partial charge in [0, 0.05) is 59.6 Å². The molecule has 0 bridgehead atoms. The third kappa shape index (κ3) is 8.19. The molecule has 3 heterocycles. The highest BCUT2D eigenvalue weighted by molar-refractivity contribution is 7.86. The van der Waals surface area contributed by atoms with Gasteiger partial charge in [-0.15, -0.1) is 0 Å². The molecule has 0 aromatic heterocycles. The molecule has 0 aliphatic carbocycles. The fourth-order valence-electron chi connectivity index (χ4n) is 6.97. The molecule has 1 amide bonds. The molecule has 6 rings (SSSR count). The second-order valence-corrected chi connectivity index (χ2v) is 17.1. The van der Waals surface area contributed by atoms with E-state index < -0.39 is 54.7 Å². The number of aromatic carboxylic acids is 1. The van der Waals surface area contributed by atoms with Crippen LogP contribution in [0, 0.1) is 0 Å². The topological polar surface area (TPSA) is 248 Å². The van der Waals surface area contributed by atoms with Crippen molar-refractivity contribution in [3.05, 3.63) is 98.6 Å². The van der Waals surface area contributed by atoms with E-state index in [0.29, 0.717) is 44.9 Å². The average Bonchev–Trinajstić information content (AvgIpc) is 3.01. The lowest BCUT2D eigenvalue weighted by Gasteiger charge is -2.34. The van der Waals surface area contributed by atoms with Gasteiger partial charge in [0.25, 0.3) is 16.0 Å².